The van der Waals surface area contributed by atoms with Crippen LogP contribution >= 0.6 is 0 Å². The number of likely N-dealkylation sites (tertiary alicyclic amines) is 2. The van der Waals surface area contributed by atoms with Gasteiger partial charge in [-0.25, -0.2) is 4.79 Å². The third-order valence-corrected chi connectivity index (χ3v) is 6.18. The Hall–Kier alpha value is -1.26. The Balaban J connectivity index is 1.63. The van der Waals surface area contributed by atoms with Crippen molar-refractivity contribution in [1.29, 1.82) is 0 Å². The molecule has 2 aliphatic heterocycles. The lowest BCUT2D eigenvalue weighted by Crippen LogP contribution is -2.55. The topological polar surface area (TPSA) is 66.6 Å². The van der Waals surface area contributed by atoms with Gasteiger partial charge in [0.25, 0.3) is 0 Å². The number of fused-ring (bicyclic) bond motifs is 1. The molecule has 22 heavy (non-hydrogen) atoms. The van der Waals surface area contributed by atoms with Crippen molar-refractivity contribution in [2.24, 2.45) is 23.5 Å². The molecular formula is C17H29N3O2. The van der Waals surface area contributed by atoms with Gasteiger partial charge >= 0.3 is 6.03 Å². The predicted octanol–water partition coefficient (Wildman–Crippen LogP) is 2.20. The molecule has 2 N–H and O–H groups in total. The molecule has 0 aromatic rings. The Morgan fingerprint density at radius 3 is 2.32 bits per heavy atom. The third kappa shape index (κ3) is 2.95. The second-order valence-electron chi connectivity index (χ2n) is 7.41. The maximum absolute atomic E-state index is 13.0. The molecule has 124 valence electrons. The van der Waals surface area contributed by atoms with Crippen molar-refractivity contribution in [3.8, 4) is 0 Å². The number of amides is 3. The second-order valence-corrected chi connectivity index (χ2v) is 7.41. The number of hydrogen-bond acceptors (Lipinski definition) is 2. The van der Waals surface area contributed by atoms with Crippen LogP contribution in [0.3, 0.4) is 0 Å². The van der Waals surface area contributed by atoms with Gasteiger partial charge < -0.3 is 15.5 Å². The minimum Gasteiger partial charge on any atom is -0.351 e. The summed E-state index contributed by atoms with van der Waals surface area (Å²) in [5.41, 5.74) is 5.33. The third-order valence-electron chi connectivity index (χ3n) is 6.18. The summed E-state index contributed by atoms with van der Waals surface area (Å²) in [5, 5.41) is 0. The summed E-state index contributed by atoms with van der Waals surface area (Å²) in [6.45, 7) is 4.54. The lowest BCUT2D eigenvalue weighted by molar-refractivity contribution is -0.144. The molecule has 2 heterocycles. The Morgan fingerprint density at radius 2 is 1.64 bits per heavy atom. The van der Waals surface area contributed by atoms with Crippen molar-refractivity contribution in [3.05, 3.63) is 0 Å². The van der Waals surface area contributed by atoms with E-state index in [1.165, 1.54) is 25.7 Å². The largest absolute Gasteiger partial charge is 0.351 e. The zero-order valence-electron chi connectivity index (χ0n) is 13.7. The number of primary amides is 1. The minimum absolute atomic E-state index is 0.0894. The summed E-state index contributed by atoms with van der Waals surface area (Å²) in [6.07, 6.45) is 7.74. The highest BCUT2D eigenvalue weighted by molar-refractivity contribution is 5.80. The van der Waals surface area contributed by atoms with Gasteiger partial charge in [-0.2, -0.15) is 0 Å². The molecule has 1 saturated carbocycles. The Labute approximate surface area is 133 Å². The van der Waals surface area contributed by atoms with E-state index in [2.05, 4.69) is 11.8 Å². The zero-order chi connectivity index (χ0) is 15.7. The first-order valence-corrected chi connectivity index (χ1v) is 8.92. The number of carbonyl (C=O) groups excluding carboxylic acids is 2. The summed E-state index contributed by atoms with van der Waals surface area (Å²) in [4.78, 5) is 28.1. The number of nitrogens with zero attached hydrogens (tertiary/aromatic N) is 2. The molecule has 0 radical (unpaired) electrons. The average Bonchev–Trinajstić information content (AvgIpc) is 2.55. The Morgan fingerprint density at radius 1 is 0.955 bits per heavy atom. The smallest absolute Gasteiger partial charge is 0.314 e. The van der Waals surface area contributed by atoms with Crippen LogP contribution in [-0.4, -0.2) is 47.4 Å². The van der Waals surface area contributed by atoms with Crippen molar-refractivity contribution < 1.29 is 9.59 Å². The summed E-state index contributed by atoms with van der Waals surface area (Å²) in [6, 6.07) is 0.115. The molecule has 1 aliphatic carbocycles. The summed E-state index contributed by atoms with van der Waals surface area (Å²) in [5.74, 6) is 1.89. The average molecular weight is 307 g/mol. The molecule has 2 saturated heterocycles. The Bertz CT molecular complexity index is 432. The number of piperidine rings is 2. The van der Waals surface area contributed by atoms with Gasteiger partial charge in [-0.15, -0.1) is 0 Å². The van der Waals surface area contributed by atoms with Crippen LogP contribution < -0.4 is 5.73 Å². The molecule has 0 spiro atoms. The van der Waals surface area contributed by atoms with Gasteiger partial charge in [-0.05, 0) is 43.9 Å². The summed E-state index contributed by atoms with van der Waals surface area (Å²) in [7, 11) is 0. The van der Waals surface area contributed by atoms with Crippen molar-refractivity contribution >= 4 is 11.9 Å². The predicted molar refractivity (Wildman–Crippen MR) is 85.1 cm³/mol. The van der Waals surface area contributed by atoms with Crippen LogP contribution in [0.25, 0.3) is 0 Å². The quantitative estimate of drug-likeness (QED) is 0.807. The van der Waals surface area contributed by atoms with Gasteiger partial charge in [-0.1, -0.05) is 19.8 Å². The summed E-state index contributed by atoms with van der Waals surface area (Å²) < 4.78 is 0. The first-order valence-electron chi connectivity index (χ1n) is 8.92. The van der Waals surface area contributed by atoms with E-state index in [1.54, 1.807) is 4.90 Å². The van der Waals surface area contributed by atoms with Gasteiger partial charge in [0.1, 0.15) is 0 Å². The molecule has 0 aromatic carbocycles. The normalized spacial score (nSPS) is 33.4. The molecule has 3 aliphatic rings. The van der Waals surface area contributed by atoms with Crippen LogP contribution in [0.2, 0.25) is 0 Å². The molecule has 0 bridgehead atoms. The van der Waals surface area contributed by atoms with Crippen molar-refractivity contribution in [2.75, 3.05) is 19.6 Å². The highest BCUT2D eigenvalue weighted by atomic mass is 16.2. The second kappa shape index (κ2) is 6.47. The molecule has 3 fully saturated rings. The van der Waals surface area contributed by atoms with Crippen LogP contribution in [0.4, 0.5) is 4.79 Å². The first-order chi connectivity index (χ1) is 10.6. The van der Waals surface area contributed by atoms with E-state index in [9.17, 15) is 9.59 Å². The number of urea groups is 1. The highest BCUT2D eigenvalue weighted by Crippen LogP contribution is 2.39. The van der Waals surface area contributed by atoms with E-state index >= 15 is 0 Å². The molecule has 3 amide bonds. The van der Waals surface area contributed by atoms with Crippen molar-refractivity contribution in [2.45, 2.75) is 57.9 Å². The van der Waals surface area contributed by atoms with E-state index in [1.807, 2.05) is 0 Å². The Kier molecular flexibility index (Phi) is 4.59. The van der Waals surface area contributed by atoms with Crippen LogP contribution in [0.1, 0.15) is 51.9 Å². The van der Waals surface area contributed by atoms with Gasteiger partial charge in [0.15, 0.2) is 0 Å². The molecule has 0 aromatic heterocycles. The SMILES string of the molecule is C[C@@H]1CCN(C(=O)C2CCN(C(N)=O)CC2)[C@H]2CCCC[C@H]12. The molecular weight excluding hydrogens is 278 g/mol. The van der Waals surface area contributed by atoms with E-state index in [0.29, 0.717) is 31.0 Å². The van der Waals surface area contributed by atoms with Gasteiger partial charge in [-0.3, -0.25) is 4.79 Å². The van der Waals surface area contributed by atoms with Gasteiger partial charge in [0.05, 0.1) is 0 Å². The van der Waals surface area contributed by atoms with Crippen LogP contribution in [0.15, 0.2) is 0 Å². The van der Waals surface area contributed by atoms with Crippen LogP contribution in [0.5, 0.6) is 0 Å². The lowest BCUT2D eigenvalue weighted by Gasteiger charge is -2.48. The fourth-order valence-electron chi connectivity index (χ4n) is 4.77. The van der Waals surface area contributed by atoms with E-state index in [0.717, 1.165) is 31.7 Å². The van der Waals surface area contributed by atoms with Crippen LogP contribution in [0, 0.1) is 17.8 Å². The fourth-order valence-corrected chi connectivity index (χ4v) is 4.77. The van der Waals surface area contributed by atoms with Gasteiger partial charge in [0, 0.05) is 31.6 Å². The van der Waals surface area contributed by atoms with Crippen molar-refractivity contribution in [3.63, 3.8) is 0 Å². The maximum atomic E-state index is 13.0. The number of carbonyl (C=O) groups is 2. The van der Waals surface area contributed by atoms with E-state index in [4.69, 9.17) is 5.73 Å². The number of rotatable bonds is 1. The van der Waals surface area contributed by atoms with E-state index in [-0.39, 0.29) is 11.9 Å². The lowest BCUT2D eigenvalue weighted by atomic mass is 9.72. The maximum Gasteiger partial charge on any atom is 0.314 e. The molecule has 3 rings (SSSR count). The molecule has 5 nitrogen and oxygen atoms in total. The monoisotopic (exact) mass is 307 g/mol. The number of nitrogens with two attached hydrogens (primary N) is 1. The zero-order valence-corrected chi connectivity index (χ0v) is 13.7. The first kappa shape index (κ1) is 15.6. The highest BCUT2D eigenvalue weighted by Gasteiger charge is 2.41. The van der Waals surface area contributed by atoms with E-state index < -0.39 is 0 Å². The van der Waals surface area contributed by atoms with Crippen LogP contribution in [-0.2, 0) is 4.79 Å². The standard InChI is InChI=1S/C17H29N3O2/c1-12-6-11-20(15-5-3-2-4-14(12)15)16(21)13-7-9-19(10-8-13)17(18)22/h12-15H,2-11H2,1H3,(H2,18,22)/t12-,14-,15+/m1/s1. The van der Waals surface area contributed by atoms with Crippen molar-refractivity contribution in [1.82, 2.24) is 9.80 Å². The minimum atomic E-state index is -0.356. The summed E-state index contributed by atoms with van der Waals surface area (Å²) >= 11 is 0. The van der Waals surface area contributed by atoms with Gasteiger partial charge in [0.2, 0.25) is 5.91 Å². The number of hydrogen-bond donors (Lipinski definition) is 1. The molecule has 0 unspecified atom stereocenters. The fraction of sp³-hybridized carbons (Fsp3) is 0.882. The molecule has 5 heteroatoms. The molecule has 3 atom stereocenters.